The molecule has 0 atom stereocenters. The molecule has 1 heterocycles. The molecule has 0 radical (unpaired) electrons. The van der Waals surface area contributed by atoms with E-state index in [9.17, 15) is 4.79 Å². The van der Waals surface area contributed by atoms with Crippen molar-refractivity contribution in [1.29, 1.82) is 0 Å². The second-order valence-corrected chi connectivity index (χ2v) is 4.12. The van der Waals surface area contributed by atoms with Crippen LogP contribution >= 0.6 is 0 Å². The Labute approximate surface area is 116 Å². The quantitative estimate of drug-likeness (QED) is 0.494. The fourth-order valence-electron chi connectivity index (χ4n) is 1.74. The van der Waals surface area contributed by atoms with Crippen molar-refractivity contribution >= 4 is 5.91 Å². The summed E-state index contributed by atoms with van der Waals surface area (Å²) in [4.78, 5) is 11.4. The number of aryl methyl sites for hydroxylation is 1. The molecule has 0 aliphatic carbocycles. The first kappa shape index (κ1) is 14.0. The van der Waals surface area contributed by atoms with Gasteiger partial charge in [0.05, 0.1) is 12.7 Å². The lowest BCUT2D eigenvalue weighted by molar-refractivity contribution is 0.0952. The molecule has 0 fully saturated rings. The van der Waals surface area contributed by atoms with Crippen molar-refractivity contribution < 1.29 is 18.7 Å². The molecule has 0 bridgehead atoms. The summed E-state index contributed by atoms with van der Waals surface area (Å²) in [6.45, 7) is 1.92. The van der Waals surface area contributed by atoms with Gasteiger partial charge in [-0.3, -0.25) is 10.2 Å². The maximum absolute atomic E-state index is 11.4. The van der Waals surface area contributed by atoms with Crippen molar-refractivity contribution in [2.75, 3.05) is 7.11 Å². The van der Waals surface area contributed by atoms with Gasteiger partial charge < -0.3 is 13.9 Å². The molecule has 6 heteroatoms. The molecule has 2 aromatic rings. The molecular formula is C14H16N2O4. The zero-order chi connectivity index (χ0) is 14.5. The standard InChI is InChI=1S/C14H16N2O4/c1-9-13(14(17)16-15)7-12(20-9)8-19-11-5-3-10(18-2)4-6-11/h3-7H,8,15H2,1-2H3,(H,16,17). The number of nitrogen functional groups attached to an aromatic ring is 1. The first-order valence-electron chi connectivity index (χ1n) is 6.01. The summed E-state index contributed by atoms with van der Waals surface area (Å²) in [5.41, 5.74) is 2.47. The number of carbonyl (C=O) groups excluding carboxylic acids is 1. The third-order valence-corrected chi connectivity index (χ3v) is 2.79. The third-order valence-electron chi connectivity index (χ3n) is 2.79. The highest BCUT2D eigenvalue weighted by molar-refractivity contribution is 5.94. The lowest BCUT2D eigenvalue weighted by Gasteiger charge is -2.05. The third kappa shape index (κ3) is 3.10. The maximum Gasteiger partial charge on any atom is 0.268 e. The van der Waals surface area contributed by atoms with Crippen LogP contribution in [0.25, 0.3) is 0 Å². The normalized spacial score (nSPS) is 10.2. The number of rotatable bonds is 5. The lowest BCUT2D eigenvalue weighted by Crippen LogP contribution is -2.30. The predicted molar refractivity (Wildman–Crippen MR) is 72.4 cm³/mol. The van der Waals surface area contributed by atoms with Gasteiger partial charge in [0.1, 0.15) is 29.6 Å². The molecule has 106 valence electrons. The topological polar surface area (TPSA) is 86.7 Å². The molecule has 0 spiro atoms. The number of furan rings is 1. The van der Waals surface area contributed by atoms with E-state index in [1.54, 1.807) is 44.4 Å². The van der Waals surface area contributed by atoms with Crippen molar-refractivity contribution in [3.05, 3.63) is 47.4 Å². The number of hydrogen-bond acceptors (Lipinski definition) is 5. The van der Waals surface area contributed by atoms with E-state index in [4.69, 9.17) is 19.7 Å². The molecule has 6 nitrogen and oxygen atoms in total. The van der Waals surface area contributed by atoms with Gasteiger partial charge in [-0.05, 0) is 37.3 Å². The van der Waals surface area contributed by atoms with Crippen LogP contribution in [0.4, 0.5) is 0 Å². The Hall–Kier alpha value is -2.47. The Bertz CT molecular complexity index is 590. The van der Waals surface area contributed by atoms with Gasteiger partial charge >= 0.3 is 0 Å². The summed E-state index contributed by atoms with van der Waals surface area (Å²) in [7, 11) is 1.60. The fraction of sp³-hybridized carbons (Fsp3) is 0.214. The molecule has 20 heavy (non-hydrogen) atoms. The Morgan fingerprint density at radius 3 is 2.55 bits per heavy atom. The number of nitrogens with one attached hydrogen (secondary N) is 1. The number of carbonyl (C=O) groups is 1. The number of nitrogens with two attached hydrogens (primary N) is 1. The zero-order valence-electron chi connectivity index (χ0n) is 11.3. The van der Waals surface area contributed by atoms with Crippen molar-refractivity contribution in [3.63, 3.8) is 0 Å². The monoisotopic (exact) mass is 276 g/mol. The molecule has 0 unspecified atom stereocenters. The Morgan fingerprint density at radius 2 is 1.95 bits per heavy atom. The van der Waals surface area contributed by atoms with Gasteiger partial charge in [0, 0.05) is 0 Å². The van der Waals surface area contributed by atoms with Crippen molar-refractivity contribution in [2.45, 2.75) is 13.5 Å². The van der Waals surface area contributed by atoms with Gasteiger partial charge in [-0.1, -0.05) is 0 Å². The molecule has 0 aliphatic heterocycles. The van der Waals surface area contributed by atoms with Crippen LogP contribution in [0.3, 0.4) is 0 Å². The summed E-state index contributed by atoms with van der Waals surface area (Å²) in [5.74, 6) is 7.20. The summed E-state index contributed by atoms with van der Waals surface area (Å²) in [6, 6.07) is 8.80. The maximum atomic E-state index is 11.4. The highest BCUT2D eigenvalue weighted by atomic mass is 16.5. The summed E-state index contributed by atoms with van der Waals surface area (Å²) in [5, 5.41) is 0. The second kappa shape index (κ2) is 6.12. The molecule has 3 N–H and O–H groups in total. The Morgan fingerprint density at radius 1 is 1.30 bits per heavy atom. The molecular weight excluding hydrogens is 260 g/mol. The highest BCUT2D eigenvalue weighted by Crippen LogP contribution is 2.20. The van der Waals surface area contributed by atoms with Crippen LogP contribution in [0.2, 0.25) is 0 Å². The first-order valence-corrected chi connectivity index (χ1v) is 6.01. The summed E-state index contributed by atoms with van der Waals surface area (Å²) in [6.07, 6.45) is 0. The minimum atomic E-state index is -0.387. The first-order chi connectivity index (χ1) is 9.63. The van der Waals surface area contributed by atoms with Gasteiger partial charge in [-0.2, -0.15) is 0 Å². The van der Waals surface area contributed by atoms with Crippen LogP contribution < -0.4 is 20.7 Å². The Kier molecular flexibility index (Phi) is 4.27. The molecule has 0 aliphatic rings. The average molecular weight is 276 g/mol. The number of benzene rings is 1. The van der Waals surface area contributed by atoms with E-state index in [2.05, 4.69) is 5.43 Å². The van der Waals surface area contributed by atoms with E-state index in [0.717, 1.165) is 5.75 Å². The molecule has 1 aromatic carbocycles. The van der Waals surface area contributed by atoms with Gasteiger partial charge in [0.2, 0.25) is 0 Å². The smallest absolute Gasteiger partial charge is 0.268 e. The van der Waals surface area contributed by atoms with Gasteiger partial charge in [-0.25, -0.2) is 5.84 Å². The van der Waals surface area contributed by atoms with E-state index in [1.807, 2.05) is 0 Å². The highest BCUT2D eigenvalue weighted by Gasteiger charge is 2.14. The minimum absolute atomic E-state index is 0.227. The SMILES string of the molecule is COc1ccc(OCc2cc(C(=O)NN)c(C)o2)cc1. The molecule has 2 rings (SSSR count). The number of hydrogen-bond donors (Lipinski definition) is 2. The van der Waals surface area contributed by atoms with Crippen molar-refractivity contribution in [1.82, 2.24) is 5.43 Å². The zero-order valence-corrected chi connectivity index (χ0v) is 11.3. The average Bonchev–Trinajstić information content (AvgIpc) is 2.86. The van der Waals surface area contributed by atoms with Crippen molar-refractivity contribution in [2.24, 2.45) is 5.84 Å². The van der Waals surface area contributed by atoms with E-state index < -0.39 is 0 Å². The van der Waals surface area contributed by atoms with E-state index in [0.29, 0.717) is 22.8 Å². The minimum Gasteiger partial charge on any atom is -0.497 e. The van der Waals surface area contributed by atoms with Crippen LogP contribution in [0, 0.1) is 6.92 Å². The van der Waals surface area contributed by atoms with Crippen LogP contribution in [0.15, 0.2) is 34.7 Å². The summed E-state index contributed by atoms with van der Waals surface area (Å²) >= 11 is 0. The van der Waals surface area contributed by atoms with Crippen molar-refractivity contribution in [3.8, 4) is 11.5 Å². The van der Waals surface area contributed by atoms with Gasteiger partial charge in [0.15, 0.2) is 0 Å². The summed E-state index contributed by atoms with van der Waals surface area (Å²) < 4.78 is 16.1. The second-order valence-electron chi connectivity index (χ2n) is 4.12. The molecule has 0 saturated carbocycles. The van der Waals surface area contributed by atoms with Gasteiger partial charge in [0.25, 0.3) is 5.91 Å². The molecule has 0 saturated heterocycles. The van der Waals surface area contributed by atoms with E-state index >= 15 is 0 Å². The predicted octanol–water partition coefficient (Wildman–Crippen LogP) is 1.78. The number of methoxy groups -OCH3 is 1. The lowest BCUT2D eigenvalue weighted by atomic mass is 10.2. The van der Waals surface area contributed by atoms with Crippen LogP contribution in [-0.2, 0) is 6.61 Å². The van der Waals surface area contributed by atoms with E-state index in [-0.39, 0.29) is 12.5 Å². The molecule has 1 aromatic heterocycles. The van der Waals surface area contributed by atoms with Crippen LogP contribution in [0.1, 0.15) is 21.9 Å². The van der Waals surface area contributed by atoms with Gasteiger partial charge in [-0.15, -0.1) is 0 Å². The van der Waals surface area contributed by atoms with E-state index in [1.165, 1.54) is 0 Å². The van der Waals surface area contributed by atoms with Crippen LogP contribution in [-0.4, -0.2) is 13.0 Å². The fourth-order valence-corrected chi connectivity index (χ4v) is 1.74. The number of hydrazine groups is 1. The van der Waals surface area contributed by atoms with Crippen LogP contribution in [0.5, 0.6) is 11.5 Å². The number of ether oxygens (including phenoxy) is 2. The Balaban J connectivity index is 2.01. The molecule has 1 amide bonds. The largest absolute Gasteiger partial charge is 0.497 e. The number of amides is 1.